The highest BCUT2D eigenvalue weighted by Gasteiger charge is 2.20. The van der Waals surface area contributed by atoms with Crippen molar-refractivity contribution in [2.75, 3.05) is 13.1 Å². The van der Waals surface area contributed by atoms with Crippen molar-refractivity contribution in [2.24, 2.45) is 5.92 Å². The van der Waals surface area contributed by atoms with Gasteiger partial charge in [-0.1, -0.05) is 13.3 Å². The molecule has 1 rings (SSSR count). The number of amides is 1. The Balaban J connectivity index is 2.10. The maximum absolute atomic E-state index is 11.4. The summed E-state index contributed by atoms with van der Waals surface area (Å²) in [5.41, 5.74) is -0.415. The van der Waals surface area contributed by atoms with Crippen LogP contribution in [-0.2, 0) is 4.74 Å². The zero-order chi connectivity index (χ0) is 13.6. The van der Waals surface area contributed by atoms with Gasteiger partial charge >= 0.3 is 6.09 Å². The molecule has 1 heterocycles. The van der Waals surface area contributed by atoms with Gasteiger partial charge in [-0.05, 0) is 52.5 Å². The van der Waals surface area contributed by atoms with Crippen molar-refractivity contribution in [3.8, 4) is 0 Å². The third-order valence-electron chi connectivity index (χ3n) is 3.36. The zero-order valence-electron chi connectivity index (χ0n) is 12.2. The van der Waals surface area contributed by atoms with E-state index < -0.39 is 5.60 Å². The Kier molecular flexibility index (Phi) is 5.93. The molecule has 0 unspecified atom stereocenters. The topological polar surface area (TPSA) is 50.4 Å². The molecule has 0 aliphatic carbocycles. The number of nitrogens with one attached hydrogen (secondary N) is 2. The molecule has 18 heavy (non-hydrogen) atoms. The number of rotatable bonds is 4. The Bertz CT molecular complexity index is 253. The largest absolute Gasteiger partial charge is 0.444 e. The lowest BCUT2D eigenvalue weighted by molar-refractivity contribution is 0.0525. The second-order valence-electron chi connectivity index (χ2n) is 6.17. The molecule has 0 radical (unpaired) electrons. The first-order chi connectivity index (χ1) is 8.40. The Hall–Kier alpha value is -0.770. The smallest absolute Gasteiger partial charge is 0.407 e. The fourth-order valence-corrected chi connectivity index (χ4v) is 2.23. The first-order valence-corrected chi connectivity index (χ1v) is 7.11. The minimum Gasteiger partial charge on any atom is -0.444 e. The van der Waals surface area contributed by atoms with E-state index in [-0.39, 0.29) is 6.09 Å². The van der Waals surface area contributed by atoms with Gasteiger partial charge in [0, 0.05) is 12.6 Å². The molecule has 1 aliphatic heterocycles. The minimum atomic E-state index is -0.415. The molecule has 4 heteroatoms. The summed E-state index contributed by atoms with van der Waals surface area (Å²) >= 11 is 0. The lowest BCUT2D eigenvalue weighted by atomic mass is 9.91. The highest BCUT2D eigenvalue weighted by Crippen LogP contribution is 2.18. The van der Waals surface area contributed by atoms with Gasteiger partial charge in [0.2, 0.25) is 0 Å². The van der Waals surface area contributed by atoms with E-state index in [1.807, 2.05) is 20.8 Å². The van der Waals surface area contributed by atoms with Crippen molar-refractivity contribution in [3.63, 3.8) is 0 Å². The van der Waals surface area contributed by atoms with E-state index >= 15 is 0 Å². The molecule has 2 atom stereocenters. The van der Waals surface area contributed by atoms with Crippen molar-refractivity contribution in [2.45, 2.75) is 65.0 Å². The molecule has 1 aliphatic rings. The van der Waals surface area contributed by atoms with E-state index in [4.69, 9.17) is 4.74 Å². The van der Waals surface area contributed by atoms with Crippen molar-refractivity contribution in [1.82, 2.24) is 10.6 Å². The maximum atomic E-state index is 11.4. The number of piperidine rings is 1. The molecule has 4 nitrogen and oxygen atoms in total. The Morgan fingerprint density at radius 1 is 1.39 bits per heavy atom. The zero-order valence-corrected chi connectivity index (χ0v) is 12.2. The van der Waals surface area contributed by atoms with Gasteiger partial charge in [0.25, 0.3) is 0 Å². The standard InChI is InChI=1S/C14H28N2O2/c1-5-11-6-7-12(16-10-11)8-9-15-13(17)18-14(2,3)4/h11-12,16H,5-10H2,1-4H3,(H,15,17)/t11-,12+/m0/s1. The van der Waals surface area contributed by atoms with Gasteiger partial charge in [-0.2, -0.15) is 0 Å². The first-order valence-electron chi connectivity index (χ1n) is 7.11. The summed E-state index contributed by atoms with van der Waals surface area (Å²) in [5.74, 6) is 0.833. The van der Waals surface area contributed by atoms with E-state index in [1.165, 1.54) is 19.3 Å². The van der Waals surface area contributed by atoms with Crippen molar-refractivity contribution >= 4 is 6.09 Å². The molecule has 106 valence electrons. The van der Waals surface area contributed by atoms with Crippen LogP contribution in [0.2, 0.25) is 0 Å². The lowest BCUT2D eigenvalue weighted by Gasteiger charge is -2.29. The Morgan fingerprint density at radius 2 is 2.11 bits per heavy atom. The molecule has 0 spiro atoms. The molecule has 0 aromatic heterocycles. The highest BCUT2D eigenvalue weighted by molar-refractivity contribution is 5.67. The SMILES string of the molecule is CC[C@H]1CC[C@H](CCNC(=O)OC(C)(C)C)NC1. The number of ether oxygens (including phenoxy) is 1. The minimum absolute atomic E-state index is 0.315. The predicted octanol–water partition coefficient (Wildman–Crippen LogP) is 2.68. The molecule has 1 fully saturated rings. The van der Waals surface area contributed by atoms with Gasteiger partial charge < -0.3 is 15.4 Å². The highest BCUT2D eigenvalue weighted by atomic mass is 16.6. The molecule has 1 saturated heterocycles. The van der Waals surface area contributed by atoms with E-state index in [2.05, 4.69) is 17.6 Å². The van der Waals surface area contributed by atoms with Crippen LogP contribution >= 0.6 is 0 Å². The lowest BCUT2D eigenvalue weighted by Crippen LogP contribution is -2.41. The molecular formula is C14H28N2O2. The van der Waals surface area contributed by atoms with Crippen molar-refractivity contribution in [1.29, 1.82) is 0 Å². The molecule has 0 bridgehead atoms. The molecule has 2 N–H and O–H groups in total. The van der Waals surface area contributed by atoms with Gasteiger partial charge in [-0.15, -0.1) is 0 Å². The van der Waals surface area contributed by atoms with E-state index in [0.717, 1.165) is 18.9 Å². The summed E-state index contributed by atoms with van der Waals surface area (Å²) in [5, 5.41) is 6.36. The predicted molar refractivity (Wildman–Crippen MR) is 73.7 cm³/mol. The quantitative estimate of drug-likeness (QED) is 0.813. The molecule has 0 aromatic rings. The first kappa shape index (κ1) is 15.3. The van der Waals surface area contributed by atoms with Crippen LogP contribution < -0.4 is 10.6 Å². The van der Waals surface area contributed by atoms with Crippen LogP contribution in [0.5, 0.6) is 0 Å². The van der Waals surface area contributed by atoms with Crippen LogP contribution in [0.3, 0.4) is 0 Å². The second-order valence-corrected chi connectivity index (χ2v) is 6.17. The van der Waals surface area contributed by atoms with Crippen LogP contribution in [0.25, 0.3) is 0 Å². The van der Waals surface area contributed by atoms with E-state index in [0.29, 0.717) is 12.6 Å². The summed E-state index contributed by atoms with van der Waals surface area (Å²) in [6, 6.07) is 0.544. The van der Waals surface area contributed by atoms with Gasteiger partial charge in [-0.25, -0.2) is 4.79 Å². The number of hydrogen-bond donors (Lipinski definition) is 2. The fraction of sp³-hybridized carbons (Fsp3) is 0.929. The summed E-state index contributed by atoms with van der Waals surface area (Å²) in [6.07, 6.45) is 4.45. The Labute approximate surface area is 111 Å². The molecule has 0 saturated carbocycles. The third kappa shape index (κ3) is 6.24. The second kappa shape index (κ2) is 6.98. The van der Waals surface area contributed by atoms with E-state index in [9.17, 15) is 4.79 Å². The van der Waals surface area contributed by atoms with Gasteiger partial charge in [0.15, 0.2) is 0 Å². The van der Waals surface area contributed by atoms with Crippen molar-refractivity contribution in [3.05, 3.63) is 0 Å². The number of alkyl carbamates (subject to hydrolysis) is 1. The van der Waals surface area contributed by atoms with Gasteiger partial charge in [0.1, 0.15) is 5.60 Å². The Morgan fingerprint density at radius 3 is 2.61 bits per heavy atom. The monoisotopic (exact) mass is 256 g/mol. The number of carbonyl (C=O) groups is 1. The molecular weight excluding hydrogens is 228 g/mol. The number of hydrogen-bond acceptors (Lipinski definition) is 3. The van der Waals surface area contributed by atoms with Crippen LogP contribution in [0.1, 0.15) is 53.4 Å². The summed E-state index contributed by atoms with van der Waals surface area (Å²) < 4.78 is 5.19. The third-order valence-corrected chi connectivity index (χ3v) is 3.36. The number of carbonyl (C=O) groups excluding carboxylic acids is 1. The summed E-state index contributed by atoms with van der Waals surface area (Å²) in [7, 11) is 0. The van der Waals surface area contributed by atoms with Crippen LogP contribution in [0.15, 0.2) is 0 Å². The maximum Gasteiger partial charge on any atom is 0.407 e. The normalized spacial score (nSPS) is 24.7. The van der Waals surface area contributed by atoms with Crippen LogP contribution in [-0.4, -0.2) is 30.8 Å². The molecule has 1 amide bonds. The van der Waals surface area contributed by atoms with Gasteiger partial charge in [-0.3, -0.25) is 0 Å². The van der Waals surface area contributed by atoms with E-state index in [1.54, 1.807) is 0 Å². The van der Waals surface area contributed by atoms with Crippen molar-refractivity contribution < 1.29 is 9.53 Å². The van der Waals surface area contributed by atoms with Gasteiger partial charge in [0.05, 0.1) is 0 Å². The van der Waals surface area contributed by atoms with Crippen LogP contribution in [0, 0.1) is 5.92 Å². The summed E-state index contributed by atoms with van der Waals surface area (Å²) in [6.45, 7) is 9.67. The average Bonchev–Trinajstić information content (AvgIpc) is 2.27. The summed E-state index contributed by atoms with van der Waals surface area (Å²) in [4.78, 5) is 11.4. The molecule has 0 aromatic carbocycles. The fourth-order valence-electron chi connectivity index (χ4n) is 2.23. The van der Waals surface area contributed by atoms with Crippen LogP contribution in [0.4, 0.5) is 4.79 Å². The average molecular weight is 256 g/mol.